The van der Waals surface area contributed by atoms with Gasteiger partial charge in [0, 0.05) is 22.4 Å². The van der Waals surface area contributed by atoms with Crippen molar-refractivity contribution in [3.8, 4) is 33.4 Å². The molecule has 1 nitrogen and oxygen atoms in total. The summed E-state index contributed by atoms with van der Waals surface area (Å²) in [5, 5.41) is 4.98. The summed E-state index contributed by atoms with van der Waals surface area (Å²) in [6.07, 6.45) is 0. The number of rotatable bonds is 7. The number of para-hydroxylation sites is 2. The van der Waals surface area contributed by atoms with Gasteiger partial charge in [-0.2, -0.15) is 0 Å². The second-order valence-corrected chi connectivity index (χ2v) is 15.1. The summed E-state index contributed by atoms with van der Waals surface area (Å²) in [5.74, 6) is 0. The van der Waals surface area contributed by atoms with Crippen LogP contribution in [0.15, 0.2) is 237 Å². The predicted molar refractivity (Wildman–Crippen MR) is 244 cm³/mol. The fourth-order valence-corrected chi connectivity index (χ4v) is 9.85. The van der Waals surface area contributed by atoms with Crippen LogP contribution >= 0.6 is 0 Å². The van der Waals surface area contributed by atoms with E-state index < -0.39 is 5.41 Å². The molecule has 1 aliphatic rings. The van der Waals surface area contributed by atoms with Crippen LogP contribution in [-0.2, 0) is 5.41 Å². The molecule has 0 saturated carbocycles. The van der Waals surface area contributed by atoms with Crippen LogP contribution in [0.5, 0.6) is 0 Å². The maximum atomic E-state index is 2.51. The number of hydrogen-bond donors (Lipinski definition) is 0. The van der Waals surface area contributed by atoms with Gasteiger partial charge in [-0.15, -0.1) is 0 Å². The van der Waals surface area contributed by atoms with Gasteiger partial charge in [0.25, 0.3) is 0 Å². The van der Waals surface area contributed by atoms with E-state index in [-0.39, 0.29) is 0 Å². The predicted octanol–water partition coefficient (Wildman–Crippen LogP) is 15.2. The van der Waals surface area contributed by atoms with Crippen molar-refractivity contribution < 1.29 is 0 Å². The summed E-state index contributed by atoms with van der Waals surface area (Å²) in [7, 11) is 0. The summed E-state index contributed by atoms with van der Waals surface area (Å²) in [5.41, 5.74) is 15.3. The van der Waals surface area contributed by atoms with Crippen molar-refractivity contribution in [3.05, 3.63) is 259 Å². The normalized spacial score (nSPS) is 12.6. The Bertz CT molecular complexity index is 3060. The lowest BCUT2D eigenvalue weighted by molar-refractivity contribution is 0.768. The Balaban J connectivity index is 1.26. The van der Waals surface area contributed by atoms with Gasteiger partial charge in [-0.25, -0.2) is 0 Å². The van der Waals surface area contributed by atoms with Crippen LogP contribution in [0, 0.1) is 0 Å². The quantitative estimate of drug-likeness (QED) is 0.147. The standard InChI is InChI=1S/C57H39N/c1-5-22-40(23-6-1)54-46-32-15-13-30-44(46)45-31-14-16-33-47(45)55(54)49-35-18-20-38-52(49)58(43-28-11-4-12-29-43)53-39-21-37-51-56(53)48-34-17-19-36-50(48)57(51,41-24-7-2-8-25-41)42-26-9-3-10-27-42/h1-39H. The first-order valence-electron chi connectivity index (χ1n) is 20.1. The van der Waals surface area contributed by atoms with E-state index in [9.17, 15) is 0 Å². The van der Waals surface area contributed by atoms with Crippen molar-refractivity contribution in [2.24, 2.45) is 0 Å². The van der Waals surface area contributed by atoms with Gasteiger partial charge >= 0.3 is 0 Å². The summed E-state index contributed by atoms with van der Waals surface area (Å²) in [6.45, 7) is 0. The molecule has 0 amide bonds. The highest BCUT2D eigenvalue weighted by molar-refractivity contribution is 6.22. The molecule has 0 bridgehead atoms. The third-order valence-corrected chi connectivity index (χ3v) is 12.1. The topological polar surface area (TPSA) is 3.24 Å². The molecule has 58 heavy (non-hydrogen) atoms. The zero-order chi connectivity index (χ0) is 38.5. The fourth-order valence-electron chi connectivity index (χ4n) is 9.85. The third-order valence-electron chi connectivity index (χ3n) is 12.1. The van der Waals surface area contributed by atoms with Crippen molar-refractivity contribution >= 4 is 38.6 Å². The Morgan fingerprint density at radius 2 is 0.724 bits per heavy atom. The first kappa shape index (κ1) is 33.8. The summed E-state index contributed by atoms with van der Waals surface area (Å²) in [6, 6.07) is 86.8. The van der Waals surface area contributed by atoms with Crippen LogP contribution in [0.4, 0.5) is 17.1 Å². The average Bonchev–Trinajstić information content (AvgIpc) is 3.62. The number of anilines is 3. The number of nitrogens with zero attached hydrogens (tertiary/aromatic N) is 1. The van der Waals surface area contributed by atoms with E-state index in [2.05, 4.69) is 241 Å². The van der Waals surface area contributed by atoms with Crippen molar-refractivity contribution in [2.45, 2.75) is 5.41 Å². The Morgan fingerprint density at radius 1 is 0.276 bits per heavy atom. The second-order valence-electron chi connectivity index (χ2n) is 15.1. The molecule has 0 saturated heterocycles. The summed E-state index contributed by atoms with van der Waals surface area (Å²) < 4.78 is 0. The molecule has 0 atom stereocenters. The Labute approximate surface area is 339 Å². The van der Waals surface area contributed by atoms with Crippen molar-refractivity contribution in [3.63, 3.8) is 0 Å². The van der Waals surface area contributed by atoms with Crippen LogP contribution in [0.2, 0.25) is 0 Å². The molecular formula is C57H39N. The molecule has 10 aromatic rings. The van der Waals surface area contributed by atoms with Crippen molar-refractivity contribution in [2.75, 3.05) is 4.90 Å². The lowest BCUT2D eigenvalue weighted by Gasteiger charge is -2.34. The van der Waals surface area contributed by atoms with Crippen molar-refractivity contribution in [1.29, 1.82) is 0 Å². The first-order valence-corrected chi connectivity index (χ1v) is 20.1. The van der Waals surface area contributed by atoms with Crippen LogP contribution in [-0.4, -0.2) is 0 Å². The molecule has 0 N–H and O–H groups in total. The number of benzene rings is 10. The molecule has 0 aromatic heterocycles. The fraction of sp³-hybridized carbons (Fsp3) is 0.0175. The van der Waals surface area contributed by atoms with E-state index in [0.29, 0.717) is 0 Å². The molecule has 1 heteroatoms. The maximum Gasteiger partial charge on any atom is 0.0714 e. The van der Waals surface area contributed by atoms with Crippen LogP contribution in [0.3, 0.4) is 0 Å². The molecule has 0 spiro atoms. The molecule has 0 fully saturated rings. The average molecular weight is 738 g/mol. The van der Waals surface area contributed by atoms with Crippen LogP contribution in [0.1, 0.15) is 22.3 Å². The minimum atomic E-state index is -0.513. The molecule has 1 aliphatic carbocycles. The van der Waals surface area contributed by atoms with E-state index in [1.807, 2.05) is 0 Å². The van der Waals surface area contributed by atoms with Gasteiger partial charge in [-0.1, -0.05) is 212 Å². The zero-order valence-corrected chi connectivity index (χ0v) is 32.0. The van der Waals surface area contributed by atoms with E-state index in [4.69, 9.17) is 0 Å². The Morgan fingerprint density at radius 3 is 1.36 bits per heavy atom. The number of fused-ring (bicyclic) bond motifs is 6. The molecular weight excluding hydrogens is 699 g/mol. The van der Waals surface area contributed by atoms with E-state index >= 15 is 0 Å². The van der Waals surface area contributed by atoms with Gasteiger partial charge < -0.3 is 4.90 Å². The van der Waals surface area contributed by atoms with Crippen LogP contribution in [0.25, 0.3) is 54.9 Å². The molecule has 272 valence electrons. The maximum absolute atomic E-state index is 2.51. The Kier molecular flexibility index (Phi) is 8.12. The summed E-state index contributed by atoms with van der Waals surface area (Å²) in [4.78, 5) is 2.51. The van der Waals surface area contributed by atoms with E-state index in [1.165, 1.54) is 77.2 Å². The minimum Gasteiger partial charge on any atom is -0.309 e. The molecule has 0 unspecified atom stereocenters. The van der Waals surface area contributed by atoms with E-state index in [1.54, 1.807) is 0 Å². The van der Waals surface area contributed by atoms with Gasteiger partial charge in [0.15, 0.2) is 0 Å². The lowest BCUT2D eigenvalue weighted by Crippen LogP contribution is -2.28. The number of hydrogen-bond acceptors (Lipinski definition) is 1. The second kappa shape index (κ2) is 13.9. The highest BCUT2D eigenvalue weighted by atomic mass is 15.1. The SMILES string of the molecule is c1ccc(-c2c(-c3ccccc3N(c3ccccc3)c3cccc4c3-c3ccccc3C4(c3ccccc3)c3ccccc3)c3ccccc3c3ccccc23)cc1. The van der Waals surface area contributed by atoms with Gasteiger partial charge in [0.2, 0.25) is 0 Å². The highest BCUT2D eigenvalue weighted by Crippen LogP contribution is 2.60. The third kappa shape index (κ3) is 5.10. The monoisotopic (exact) mass is 737 g/mol. The van der Waals surface area contributed by atoms with Gasteiger partial charge in [0.1, 0.15) is 0 Å². The van der Waals surface area contributed by atoms with Gasteiger partial charge in [-0.3, -0.25) is 0 Å². The molecule has 0 aliphatic heterocycles. The van der Waals surface area contributed by atoms with E-state index in [0.717, 1.165) is 17.1 Å². The van der Waals surface area contributed by atoms with Gasteiger partial charge in [-0.05, 0) is 84.8 Å². The minimum absolute atomic E-state index is 0.513. The molecule has 0 radical (unpaired) electrons. The molecule has 11 rings (SSSR count). The van der Waals surface area contributed by atoms with Crippen molar-refractivity contribution in [1.82, 2.24) is 0 Å². The molecule has 10 aromatic carbocycles. The molecule has 0 heterocycles. The largest absolute Gasteiger partial charge is 0.309 e. The highest BCUT2D eigenvalue weighted by Gasteiger charge is 2.47. The summed E-state index contributed by atoms with van der Waals surface area (Å²) >= 11 is 0. The van der Waals surface area contributed by atoms with Crippen LogP contribution < -0.4 is 4.90 Å². The first-order chi connectivity index (χ1) is 28.8. The Hall–Kier alpha value is -7.48. The van der Waals surface area contributed by atoms with Gasteiger partial charge in [0.05, 0.1) is 16.8 Å². The lowest BCUT2D eigenvalue weighted by atomic mass is 9.68. The smallest absolute Gasteiger partial charge is 0.0714 e. The zero-order valence-electron chi connectivity index (χ0n) is 32.0.